The Labute approximate surface area is 356 Å². The highest BCUT2D eigenvalue weighted by Gasteiger charge is 2.20. The Balaban J connectivity index is 3.38. The summed E-state index contributed by atoms with van der Waals surface area (Å²) in [6, 6.07) is -0.532. The molecule has 0 aliphatic carbocycles. The van der Waals surface area contributed by atoms with Crippen LogP contribution in [0.1, 0.15) is 264 Å². The molecular weight excluding hydrogens is 699 g/mol. The number of aliphatic hydroxyl groups excluding tert-OH is 2. The van der Waals surface area contributed by atoms with E-state index in [-0.39, 0.29) is 12.5 Å². The van der Waals surface area contributed by atoms with Gasteiger partial charge in [0.15, 0.2) is 0 Å². The molecule has 3 N–H and O–H groups in total. The van der Waals surface area contributed by atoms with E-state index in [4.69, 9.17) is 0 Å². The lowest BCUT2D eigenvalue weighted by atomic mass is 10.0. The molecule has 57 heavy (non-hydrogen) atoms. The third-order valence-electron chi connectivity index (χ3n) is 11.6. The van der Waals surface area contributed by atoms with Gasteiger partial charge in [-0.05, 0) is 51.4 Å². The Morgan fingerprint density at radius 3 is 1.16 bits per heavy atom. The first-order valence-corrected chi connectivity index (χ1v) is 25.3. The van der Waals surface area contributed by atoms with Gasteiger partial charge in [-0.3, -0.25) is 4.79 Å². The van der Waals surface area contributed by atoms with Crippen LogP contribution >= 0.6 is 0 Å². The van der Waals surface area contributed by atoms with Gasteiger partial charge in [-0.1, -0.05) is 255 Å². The molecule has 0 saturated carbocycles. The molecule has 2 atom stereocenters. The normalized spacial score (nSPS) is 13.3. The van der Waals surface area contributed by atoms with Gasteiger partial charge in [-0.15, -0.1) is 0 Å². The van der Waals surface area contributed by atoms with Crippen molar-refractivity contribution in [2.24, 2.45) is 0 Å². The Hall–Kier alpha value is -1.65. The zero-order valence-corrected chi connectivity index (χ0v) is 38.4. The largest absolute Gasteiger partial charge is 0.394 e. The van der Waals surface area contributed by atoms with Gasteiger partial charge in [0.1, 0.15) is 0 Å². The monoisotopic (exact) mass is 798 g/mol. The standard InChI is InChI=1S/C53H99NO3/c1-3-5-7-9-11-13-15-16-17-18-19-20-21-22-23-24-25-26-27-28-29-30-31-32-33-34-35-36-37-38-39-41-43-45-47-49-53(57)54-51(50-55)52(56)48-46-44-42-40-14-12-10-8-6-4-2/h5,7,11,13,16-17,19-20,51-52,55-56H,3-4,6,8-10,12,14-15,18,21-50H2,1-2H3,(H,54,57)/b7-5-,13-11-,17-16-,20-19-. The second-order valence-corrected chi connectivity index (χ2v) is 17.2. The summed E-state index contributed by atoms with van der Waals surface area (Å²) in [5.74, 6) is -0.0300. The highest BCUT2D eigenvalue weighted by atomic mass is 16.3. The van der Waals surface area contributed by atoms with Crippen molar-refractivity contribution in [1.82, 2.24) is 5.32 Å². The van der Waals surface area contributed by atoms with Crippen molar-refractivity contribution in [2.45, 2.75) is 276 Å². The van der Waals surface area contributed by atoms with Crippen molar-refractivity contribution in [3.8, 4) is 0 Å². The van der Waals surface area contributed by atoms with Crippen LogP contribution in [-0.2, 0) is 4.79 Å². The Bertz CT molecular complexity index is 908. The number of rotatable bonds is 46. The number of allylic oxidation sites excluding steroid dienone is 8. The summed E-state index contributed by atoms with van der Waals surface area (Å²) in [6.07, 6.45) is 66.6. The number of carbonyl (C=O) groups is 1. The first-order chi connectivity index (χ1) is 28.2. The third-order valence-corrected chi connectivity index (χ3v) is 11.6. The molecular formula is C53H99NO3. The Morgan fingerprint density at radius 1 is 0.439 bits per heavy atom. The number of hydrogen-bond donors (Lipinski definition) is 3. The predicted octanol–water partition coefficient (Wildman–Crippen LogP) is 16.3. The number of amides is 1. The van der Waals surface area contributed by atoms with E-state index in [1.807, 2.05) is 0 Å². The predicted molar refractivity (Wildman–Crippen MR) is 253 cm³/mol. The van der Waals surface area contributed by atoms with Crippen LogP contribution in [0.25, 0.3) is 0 Å². The van der Waals surface area contributed by atoms with E-state index in [1.54, 1.807) is 0 Å². The topological polar surface area (TPSA) is 69.6 Å². The summed E-state index contributed by atoms with van der Waals surface area (Å²) in [7, 11) is 0. The zero-order chi connectivity index (χ0) is 41.4. The molecule has 334 valence electrons. The first-order valence-electron chi connectivity index (χ1n) is 25.3. The van der Waals surface area contributed by atoms with E-state index in [0.717, 1.165) is 51.4 Å². The fraction of sp³-hybridized carbons (Fsp3) is 0.830. The maximum Gasteiger partial charge on any atom is 0.220 e. The number of carbonyl (C=O) groups excluding carboxylic acids is 1. The summed E-state index contributed by atoms with van der Waals surface area (Å²) >= 11 is 0. The highest BCUT2D eigenvalue weighted by Crippen LogP contribution is 2.17. The smallest absolute Gasteiger partial charge is 0.220 e. The highest BCUT2D eigenvalue weighted by molar-refractivity contribution is 5.76. The first kappa shape index (κ1) is 55.4. The van der Waals surface area contributed by atoms with Crippen LogP contribution in [0.15, 0.2) is 48.6 Å². The Morgan fingerprint density at radius 2 is 0.772 bits per heavy atom. The van der Waals surface area contributed by atoms with Crippen molar-refractivity contribution < 1.29 is 15.0 Å². The van der Waals surface area contributed by atoms with E-state index in [1.165, 1.54) is 186 Å². The summed E-state index contributed by atoms with van der Waals surface area (Å²) in [6.45, 7) is 4.24. The van der Waals surface area contributed by atoms with Crippen molar-refractivity contribution in [3.63, 3.8) is 0 Å². The van der Waals surface area contributed by atoms with Gasteiger partial charge >= 0.3 is 0 Å². The van der Waals surface area contributed by atoms with Crippen LogP contribution in [0.5, 0.6) is 0 Å². The van der Waals surface area contributed by atoms with Crippen molar-refractivity contribution in [2.75, 3.05) is 6.61 Å². The fourth-order valence-corrected chi connectivity index (χ4v) is 7.77. The fourth-order valence-electron chi connectivity index (χ4n) is 7.77. The molecule has 0 fully saturated rings. The quantitative estimate of drug-likeness (QED) is 0.0424. The van der Waals surface area contributed by atoms with E-state index in [2.05, 4.69) is 67.8 Å². The molecule has 0 heterocycles. The van der Waals surface area contributed by atoms with Gasteiger partial charge in [0, 0.05) is 6.42 Å². The van der Waals surface area contributed by atoms with Gasteiger partial charge in [0.25, 0.3) is 0 Å². The molecule has 0 saturated heterocycles. The lowest BCUT2D eigenvalue weighted by Gasteiger charge is -2.22. The van der Waals surface area contributed by atoms with Crippen LogP contribution in [-0.4, -0.2) is 34.9 Å². The van der Waals surface area contributed by atoms with Crippen LogP contribution in [0, 0.1) is 0 Å². The van der Waals surface area contributed by atoms with Crippen LogP contribution in [0.3, 0.4) is 0 Å². The second kappa shape index (κ2) is 48.7. The van der Waals surface area contributed by atoms with Crippen molar-refractivity contribution >= 4 is 5.91 Å². The van der Waals surface area contributed by atoms with Gasteiger partial charge in [0.2, 0.25) is 5.91 Å². The zero-order valence-electron chi connectivity index (χ0n) is 38.4. The molecule has 0 rings (SSSR count). The van der Waals surface area contributed by atoms with Crippen molar-refractivity contribution in [1.29, 1.82) is 0 Å². The molecule has 2 unspecified atom stereocenters. The average molecular weight is 798 g/mol. The van der Waals surface area contributed by atoms with E-state index in [0.29, 0.717) is 12.8 Å². The van der Waals surface area contributed by atoms with E-state index >= 15 is 0 Å². The van der Waals surface area contributed by atoms with Gasteiger partial charge in [-0.2, -0.15) is 0 Å². The minimum atomic E-state index is -0.655. The minimum absolute atomic E-state index is 0.0300. The number of nitrogens with one attached hydrogen (secondary N) is 1. The summed E-state index contributed by atoms with van der Waals surface area (Å²) in [5, 5.41) is 23.1. The van der Waals surface area contributed by atoms with Crippen LogP contribution in [0.2, 0.25) is 0 Å². The van der Waals surface area contributed by atoms with Crippen LogP contribution in [0.4, 0.5) is 0 Å². The molecule has 0 bridgehead atoms. The maximum atomic E-state index is 12.4. The number of aliphatic hydroxyl groups is 2. The molecule has 0 aromatic heterocycles. The SMILES string of the molecule is CC/C=C\C/C=C\C/C=C\C/C=C\CCCCCCCCCCCCCCCCCCCCCCCCC(=O)NC(CO)C(O)CCCCCCCCCCCC. The second-order valence-electron chi connectivity index (χ2n) is 17.2. The molecule has 0 aliphatic heterocycles. The van der Waals surface area contributed by atoms with Crippen molar-refractivity contribution in [3.05, 3.63) is 48.6 Å². The van der Waals surface area contributed by atoms with Gasteiger partial charge < -0.3 is 15.5 Å². The van der Waals surface area contributed by atoms with E-state index < -0.39 is 12.1 Å². The lowest BCUT2D eigenvalue weighted by molar-refractivity contribution is -0.123. The third kappa shape index (κ3) is 45.3. The average Bonchev–Trinajstić information content (AvgIpc) is 3.22. The summed E-state index contributed by atoms with van der Waals surface area (Å²) in [5.41, 5.74) is 0. The lowest BCUT2D eigenvalue weighted by Crippen LogP contribution is -2.45. The molecule has 1 amide bonds. The molecule has 0 aromatic carbocycles. The molecule has 0 radical (unpaired) electrons. The Kier molecular flexibility index (Phi) is 47.3. The molecule has 0 spiro atoms. The number of hydrogen-bond acceptors (Lipinski definition) is 3. The number of unbranched alkanes of at least 4 members (excludes halogenated alkanes) is 31. The summed E-state index contributed by atoms with van der Waals surface area (Å²) < 4.78 is 0. The molecule has 4 nitrogen and oxygen atoms in total. The molecule has 0 aromatic rings. The minimum Gasteiger partial charge on any atom is -0.394 e. The van der Waals surface area contributed by atoms with E-state index in [9.17, 15) is 15.0 Å². The summed E-state index contributed by atoms with van der Waals surface area (Å²) in [4.78, 5) is 12.4. The molecule has 4 heteroatoms. The van der Waals surface area contributed by atoms with Gasteiger partial charge in [-0.25, -0.2) is 0 Å². The maximum absolute atomic E-state index is 12.4. The van der Waals surface area contributed by atoms with Crippen LogP contribution < -0.4 is 5.32 Å². The molecule has 0 aliphatic rings. The van der Waals surface area contributed by atoms with Gasteiger partial charge in [0.05, 0.1) is 18.8 Å².